The van der Waals surface area contributed by atoms with E-state index in [1.165, 1.54) is 24.0 Å². The molecule has 0 fully saturated rings. The summed E-state index contributed by atoms with van der Waals surface area (Å²) in [7, 11) is 0. The minimum Gasteiger partial charge on any atom is -0.0988 e. The van der Waals surface area contributed by atoms with E-state index >= 15 is 0 Å². The Hall–Kier alpha value is -0.780. The van der Waals surface area contributed by atoms with Crippen LogP contribution in [0.3, 0.4) is 0 Å². The molecule has 1 aliphatic carbocycles. The normalized spacial score (nSPS) is 26.3. The van der Waals surface area contributed by atoms with Gasteiger partial charge in [0.15, 0.2) is 0 Å². The third-order valence-electron chi connectivity index (χ3n) is 3.05. The second-order valence-corrected chi connectivity index (χ2v) is 3.69. The lowest BCUT2D eigenvalue weighted by Gasteiger charge is -2.28. The Bertz CT molecular complexity index is 220. The highest BCUT2D eigenvalue weighted by molar-refractivity contribution is 5.35. The molecule has 0 amide bonds. The van der Waals surface area contributed by atoms with E-state index < -0.39 is 0 Å². The van der Waals surface area contributed by atoms with Crippen molar-refractivity contribution in [3.8, 4) is 0 Å². The summed E-state index contributed by atoms with van der Waals surface area (Å²) in [4.78, 5) is 0. The Morgan fingerprint density at radius 1 is 1.14 bits per heavy atom. The van der Waals surface area contributed by atoms with Gasteiger partial charge in [-0.1, -0.05) is 53.0 Å². The van der Waals surface area contributed by atoms with Crippen LogP contribution in [0.5, 0.6) is 0 Å². The predicted molar refractivity (Wildman–Crippen MR) is 66.3 cm³/mol. The molecule has 0 aromatic heterocycles. The molecule has 0 spiro atoms. The van der Waals surface area contributed by atoms with Crippen molar-refractivity contribution < 1.29 is 0 Å². The van der Waals surface area contributed by atoms with Crippen molar-refractivity contribution in [1.29, 1.82) is 0 Å². The van der Waals surface area contributed by atoms with E-state index in [4.69, 9.17) is 0 Å². The molecule has 14 heavy (non-hydrogen) atoms. The molecule has 2 unspecified atom stereocenters. The molecule has 0 aromatic carbocycles. The lowest BCUT2D eigenvalue weighted by atomic mass is 9.77. The van der Waals surface area contributed by atoms with Crippen LogP contribution in [-0.4, -0.2) is 0 Å². The number of hydrogen-bond donors (Lipinski definition) is 0. The molecule has 0 heteroatoms. The Morgan fingerprint density at radius 2 is 1.71 bits per heavy atom. The average molecular weight is 192 g/mol. The fourth-order valence-electron chi connectivity index (χ4n) is 1.91. The molecule has 0 N–H and O–H groups in total. The van der Waals surface area contributed by atoms with Crippen LogP contribution >= 0.6 is 0 Å². The summed E-state index contributed by atoms with van der Waals surface area (Å²) in [6.07, 6.45) is 6.45. The van der Waals surface area contributed by atoms with Crippen molar-refractivity contribution in [1.82, 2.24) is 0 Å². The summed E-state index contributed by atoms with van der Waals surface area (Å²) in [6.45, 7) is 16.3. The van der Waals surface area contributed by atoms with E-state index in [9.17, 15) is 0 Å². The van der Waals surface area contributed by atoms with E-state index in [1.54, 1.807) is 0 Å². The standard InChI is InChI=1S/C12H18.C2H6/c1-5-11-8-7-9(3)10(4)12(11)6-2;1-2/h5-6,9-10H,1-2,7-8H2,3-4H3;1-2H3. The zero-order valence-electron chi connectivity index (χ0n) is 10.1. The van der Waals surface area contributed by atoms with Gasteiger partial charge in [0.1, 0.15) is 0 Å². The maximum Gasteiger partial charge on any atom is -0.0162 e. The minimum atomic E-state index is 0.657. The van der Waals surface area contributed by atoms with Crippen LogP contribution in [0.2, 0.25) is 0 Å². The van der Waals surface area contributed by atoms with Gasteiger partial charge in [-0.05, 0) is 35.8 Å². The number of allylic oxidation sites excluding steroid dienone is 4. The predicted octanol–water partition coefficient (Wildman–Crippen LogP) is 4.75. The third kappa shape index (κ3) is 2.87. The Balaban J connectivity index is 0.000000791. The Kier molecular flexibility index (Phi) is 6.27. The van der Waals surface area contributed by atoms with Gasteiger partial charge in [-0.2, -0.15) is 0 Å². The smallest absolute Gasteiger partial charge is 0.0162 e. The lowest BCUT2D eigenvalue weighted by molar-refractivity contribution is 0.393. The monoisotopic (exact) mass is 192 g/mol. The minimum absolute atomic E-state index is 0.657. The molecule has 0 nitrogen and oxygen atoms in total. The van der Waals surface area contributed by atoms with Gasteiger partial charge in [-0.15, -0.1) is 0 Å². The van der Waals surface area contributed by atoms with Crippen LogP contribution in [0.15, 0.2) is 36.5 Å². The van der Waals surface area contributed by atoms with Crippen molar-refractivity contribution in [3.63, 3.8) is 0 Å². The molecule has 2 atom stereocenters. The van der Waals surface area contributed by atoms with Crippen molar-refractivity contribution in [2.75, 3.05) is 0 Å². The lowest BCUT2D eigenvalue weighted by Crippen LogP contribution is -2.16. The highest BCUT2D eigenvalue weighted by atomic mass is 14.3. The summed E-state index contributed by atoms with van der Waals surface area (Å²) in [5, 5.41) is 0. The summed E-state index contributed by atoms with van der Waals surface area (Å²) >= 11 is 0. The van der Waals surface area contributed by atoms with Crippen LogP contribution < -0.4 is 0 Å². The molecule has 0 bridgehead atoms. The van der Waals surface area contributed by atoms with Crippen LogP contribution in [0.25, 0.3) is 0 Å². The van der Waals surface area contributed by atoms with E-state index in [1.807, 2.05) is 26.0 Å². The van der Waals surface area contributed by atoms with Gasteiger partial charge < -0.3 is 0 Å². The van der Waals surface area contributed by atoms with E-state index in [0.29, 0.717) is 5.92 Å². The molecule has 0 heterocycles. The maximum absolute atomic E-state index is 3.86. The maximum atomic E-state index is 3.86. The fraction of sp³-hybridized carbons (Fsp3) is 0.571. The molecule has 0 saturated carbocycles. The molecule has 0 aromatic rings. The summed E-state index contributed by atoms with van der Waals surface area (Å²) in [6, 6.07) is 0. The SMILES string of the molecule is C=CC1=C(C=C)C(C)C(C)CC1.CC. The summed E-state index contributed by atoms with van der Waals surface area (Å²) in [5.41, 5.74) is 2.80. The van der Waals surface area contributed by atoms with Crippen molar-refractivity contribution >= 4 is 0 Å². The molecule has 1 aliphatic rings. The Labute approximate surface area is 89.4 Å². The first-order valence-electron chi connectivity index (χ1n) is 5.68. The molecule has 1 rings (SSSR count). The quantitative estimate of drug-likeness (QED) is 0.592. The van der Waals surface area contributed by atoms with Crippen LogP contribution in [0, 0.1) is 11.8 Å². The first-order chi connectivity index (χ1) is 6.70. The van der Waals surface area contributed by atoms with Crippen molar-refractivity contribution in [2.45, 2.75) is 40.5 Å². The van der Waals surface area contributed by atoms with Crippen LogP contribution in [-0.2, 0) is 0 Å². The topological polar surface area (TPSA) is 0 Å². The molecule has 0 radical (unpaired) electrons. The fourth-order valence-corrected chi connectivity index (χ4v) is 1.91. The molecule has 80 valence electrons. The average Bonchev–Trinajstić information content (AvgIpc) is 2.24. The summed E-state index contributed by atoms with van der Waals surface area (Å²) in [5.74, 6) is 1.45. The highest BCUT2D eigenvalue weighted by Crippen LogP contribution is 2.35. The Morgan fingerprint density at radius 3 is 2.14 bits per heavy atom. The van der Waals surface area contributed by atoms with Gasteiger partial charge in [-0.25, -0.2) is 0 Å². The number of rotatable bonds is 2. The summed E-state index contributed by atoms with van der Waals surface area (Å²) < 4.78 is 0. The van der Waals surface area contributed by atoms with E-state index in [2.05, 4.69) is 27.0 Å². The second kappa shape index (κ2) is 6.64. The second-order valence-electron chi connectivity index (χ2n) is 3.69. The van der Waals surface area contributed by atoms with Gasteiger partial charge in [0.05, 0.1) is 0 Å². The molecular formula is C14H24. The molecular weight excluding hydrogens is 168 g/mol. The zero-order chi connectivity index (χ0) is 11.1. The first kappa shape index (κ1) is 13.2. The van der Waals surface area contributed by atoms with Gasteiger partial charge in [0, 0.05) is 0 Å². The van der Waals surface area contributed by atoms with Crippen LogP contribution in [0.1, 0.15) is 40.5 Å². The largest absolute Gasteiger partial charge is 0.0988 e. The van der Waals surface area contributed by atoms with Gasteiger partial charge >= 0.3 is 0 Å². The first-order valence-corrected chi connectivity index (χ1v) is 5.68. The third-order valence-corrected chi connectivity index (χ3v) is 3.05. The van der Waals surface area contributed by atoms with Gasteiger partial charge in [0.25, 0.3) is 0 Å². The van der Waals surface area contributed by atoms with Crippen molar-refractivity contribution in [3.05, 3.63) is 36.5 Å². The van der Waals surface area contributed by atoms with Gasteiger partial charge in [0.2, 0.25) is 0 Å². The molecule has 0 saturated heterocycles. The molecule has 0 aliphatic heterocycles. The van der Waals surface area contributed by atoms with Crippen LogP contribution in [0.4, 0.5) is 0 Å². The highest BCUT2D eigenvalue weighted by Gasteiger charge is 2.21. The number of hydrogen-bond acceptors (Lipinski definition) is 0. The van der Waals surface area contributed by atoms with E-state index in [-0.39, 0.29) is 0 Å². The van der Waals surface area contributed by atoms with E-state index in [0.717, 1.165) is 5.92 Å². The van der Waals surface area contributed by atoms with Crippen molar-refractivity contribution in [2.24, 2.45) is 11.8 Å². The zero-order valence-corrected chi connectivity index (χ0v) is 10.1. The van der Waals surface area contributed by atoms with Gasteiger partial charge in [-0.3, -0.25) is 0 Å².